The molecule has 2 heterocycles. The first-order valence-electron chi connectivity index (χ1n) is 7.19. The van der Waals surface area contributed by atoms with Gasteiger partial charge in [0.25, 0.3) is 0 Å². The Hall–Kier alpha value is -2.48. The second-order valence-electron chi connectivity index (χ2n) is 5.59. The van der Waals surface area contributed by atoms with E-state index in [0.717, 1.165) is 24.4 Å². The highest BCUT2D eigenvalue weighted by molar-refractivity contribution is 5.65. The molecule has 0 amide bonds. The summed E-state index contributed by atoms with van der Waals surface area (Å²) >= 11 is 0. The van der Waals surface area contributed by atoms with Crippen LogP contribution in [0.15, 0.2) is 76.0 Å². The van der Waals surface area contributed by atoms with Crippen molar-refractivity contribution in [3.05, 3.63) is 89.8 Å². The first-order valence-corrected chi connectivity index (χ1v) is 7.19. The lowest BCUT2D eigenvalue weighted by atomic mass is 9.75. The number of benzene rings is 1. The molecule has 0 aliphatic heterocycles. The third-order valence-electron chi connectivity index (χ3n) is 4.22. The Morgan fingerprint density at radius 3 is 2.05 bits per heavy atom. The Morgan fingerprint density at radius 1 is 0.762 bits per heavy atom. The van der Waals surface area contributed by atoms with Gasteiger partial charge in [-0.05, 0) is 35.4 Å². The molecule has 0 bridgehead atoms. The van der Waals surface area contributed by atoms with Crippen LogP contribution in [0.3, 0.4) is 0 Å². The van der Waals surface area contributed by atoms with Crippen LogP contribution in [0.25, 0.3) is 6.08 Å². The van der Waals surface area contributed by atoms with Gasteiger partial charge in [0.2, 0.25) is 0 Å². The minimum absolute atomic E-state index is 0.0910. The molecule has 1 aromatic carbocycles. The van der Waals surface area contributed by atoms with Crippen molar-refractivity contribution in [2.24, 2.45) is 0 Å². The van der Waals surface area contributed by atoms with Gasteiger partial charge in [0.05, 0.1) is 12.5 Å². The standard InChI is InChI=1S/C19H16O2/c1-2-8-18-15(5-1)9-10-19(18,13-16-6-3-11-20-16)14-17-7-4-12-21-17/h1-12H,13-14H2. The summed E-state index contributed by atoms with van der Waals surface area (Å²) in [5.74, 6) is 2.01. The first-order chi connectivity index (χ1) is 10.4. The second kappa shape index (κ2) is 4.81. The van der Waals surface area contributed by atoms with E-state index < -0.39 is 0 Å². The fourth-order valence-electron chi connectivity index (χ4n) is 3.25. The minimum Gasteiger partial charge on any atom is -0.469 e. The third kappa shape index (κ3) is 2.13. The molecule has 0 radical (unpaired) electrons. The van der Waals surface area contributed by atoms with Gasteiger partial charge in [0.1, 0.15) is 11.5 Å². The summed E-state index contributed by atoms with van der Waals surface area (Å²) in [4.78, 5) is 0. The predicted molar refractivity (Wildman–Crippen MR) is 82.0 cm³/mol. The predicted octanol–water partition coefficient (Wildman–Crippen LogP) is 4.62. The van der Waals surface area contributed by atoms with Crippen LogP contribution in [0.5, 0.6) is 0 Å². The van der Waals surface area contributed by atoms with E-state index in [1.165, 1.54) is 11.1 Å². The summed E-state index contributed by atoms with van der Waals surface area (Å²) in [5.41, 5.74) is 2.54. The normalized spacial score (nSPS) is 15.2. The van der Waals surface area contributed by atoms with Crippen molar-refractivity contribution < 1.29 is 8.83 Å². The molecule has 0 saturated carbocycles. The van der Waals surface area contributed by atoms with Gasteiger partial charge < -0.3 is 8.83 Å². The highest BCUT2D eigenvalue weighted by atomic mass is 16.3. The van der Waals surface area contributed by atoms with E-state index in [-0.39, 0.29) is 5.41 Å². The molecule has 2 heteroatoms. The molecule has 0 saturated heterocycles. The largest absolute Gasteiger partial charge is 0.469 e. The zero-order valence-corrected chi connectivity index (χ0v) is 11.7. The van der Waals surface area contributed by atoms with E-state index in [4.69, 9.17) is 8.83 Å². The average molecular weight is 276 g/mol. The summed E-state index contributed by atoms with van der Waals surface area (Å²) < 4.78 is 11.2. The van der Waals surface area contributed by atoms with Crippen molar-refractivity contribution in [1.29, 1.82) is 0 Å². The number of fused-ring (bicyclic) bond motifs is 1. The number of hydrogen-bond acceptors (Lipinski definition) is 2. The lowest BCUT2D eigenvalue weighted by Crippen LogP contribution is -2.27. The Bertz CT molecular complexity index is 712. The molecule has 4 rings (SSSR count). The van der Waals surface area contributed by atoms with E-state index in [1.54, 1.807) is 12.5 Å². The zero-order valence-electron chi connectivity index (χ0n) is 11.7. The topological polar surface area (TPSA) is 26.3 Å². The Kier molecular flexibility index (Phi) is 2.81. The summed E-state index contributed by atoms with van der Waals surface area (Å²) in [6.07, 6.45) is 9.66. The SMILES string of the molecule is C1=CC(Cc2ccco2)(Cc2ccco2)c2ccccc21. The van der Waals surface area contributed by atoms with Crippen molar-refractivity contribution in [1.82, 2.24) is 0 Å². The molecule has 0 atom stereocenters. The van der Waals surface area contributed by atoms with Crippen molar-refractivity contribution in [2.45, 2.75) is 18.3 Å². The van der Waals surface area contributed by atoms with E-state index in [2.05, 4.69) is 36.4 Å². The van der Waals surface area contributed by atoms with Gasteiger partial charge in [-0.3, -0.25) is 0 Å². The van der Waals surface area contributed by atoms with Crippen LogP contribution in [0.4, 0.5) is 0 Å². The maximum absolute atomic E-state index is 5.59. The summed E-state index contributed by atoms with van der Waals surface area (Å²) in [6, 6.07) is 16.5. The fourth-order valence-corrected chi connectivity index (χ4v) is 3.25. The van der Waals surface area contributed by atoms with E-state index in [9.17, 15) is 0 Å². The van der Waals surface area contributed by atoms with Gasteiger partial charge in [-0.1, -0.05) is 36.4 Å². The summed E-state index contributed by atoms with van der Waals surface area (Å²) in [7, 11) is 0. The Balaban J connectivity index is 1.78. The number of allylic oxidation sites excluding steroid dienone is 1. The smallest absolute Gasteiger partial charge is 0.104 e. The molecule has 1 aliphatic rings. The third-order valence-corrected chi connectivity index (χ3v) is 4.22. The van der Waals surface area contributed by atoms with Crippen LogP contribution in [0, 0.1) is 0 Å². The summed E-state index contributed by atoms with van der Waals surface area (Å²) in [6.45, 7) is 0. The molecule has 21 heavy (non-hydrogen) atoms. The molecule has 3 aromatic rings. The molecule has 104 valence electrons. The van der Waals surface area contributed by atoms with Crippen molar-refractivity contribution in [3.8, 4) is 0 Å². The van der Waals surface area contributed by atoms with Crippen LogP contribution < -0.4 is 0 Å². The lowest BCUT2D eigenvalue weighted by Gasteiger charge is -2.27. The van der Waals surface area contributed by atoms with Crippen LogP contribution in [0.1, 0.15) is 22.6 Å². The van der Waals surface area contributed by atoms with Crippen LogP contribution >= 0.6 is 0 Å². The molecule has 1 aliphatic carbocycles. The van der Waals surface area contributed by atoms with Crippen LogP contribution in [-0.4, -0.2) is 0 Å². The van der Waals surface area contributed by atoms with Gasteiger partial charge >= 0.3 is 0 Å². The number of rotatable bonds is 4. The minimum atomic E-state index is -0.0910. The van der Waals surface area contributed by atoms with E-state index in [0.29, 0.717) is 0 Å². The maximum Gasteiger partial charge on any atom is 0.104 e. The number of furan rings is 2. The zero-order chi connectivity index (χ0) is 14.1. The molecular formula is C19H16O2. The van der Waals surface area contributed by atoms with Crippen LogP contribution in [0.2, 0.25) is 0 Å². The van der Waals surface area contributed by atoms with E-state index >= 15 is 0 Å². The van der Waals surface area contributed by atoms with Gasteiger partial charge in [0, 0.05) is 18.3 Å². The van der Waals surface area contributed by atoms with Gasteiger partial charge in [0.15, 0.2) is 0 Å². The van der Waals surface area contributed by atoms with Crippen molar-refractivity contribution in [2.75, 3.05) is 0 Å². The Morgan fingerprint density at radius 2 is 1.43 bits per heavy atom. The van der Waals surface area contributed by atoms with E-state index in [1.807, 2.05) is 24.3 Å². The number of hydrogen-bond donors (Lipinski definition) is 0. The molecule has 2 nitrogen and oxygen atoms in total. The maximum atomic E-state index is 5.59. The monoisotopic (exact) mass is 276 g/mol. The van der Waals surface area contributed by atoms with Crippen LogP contribution in [-0.2, 0) is 18.3 Å². The van der Waals surface area contributed by atoms with Gasteiger partial charge in [-0.15, -0.1) is 0 Å². The molecule has 0 N–H and O–H groups in total. The van der Waals surface area contributed by atoms with Gasteiger partial charge in [-0.25, -0.2) is 0 Å². The van der Waals surface area contributed by atoms with Gasteiger partial charge in [-0.2, -0.15) is 0 Å². The lowest BCUT2D eigenvalue weighted by molar-refractivity contribution is 0.404. The summed E-state index contributed by atoms with van der Waals surface area (Å²) in [5, 5.41) is 0. The molecule has 0 spiro atoms. The quantitative estimate of drug-likeness (QED) is 0.695. The molecule has 2 aromatic heterocycles. The highest BCUT2D eigenvalue weighted by Gasteiger charge is 2.36. The fraction of sp³-hybridized carbons (Fsp3) is 0.158. The molecule has 0 unspecified atom stereocenters. The van der Waals surface area contributed by atoms with Crippen molar-refractivity contribution >= 4 is 6.08 Å². The Labute approximate surface area is 123 Å². The molecular weight excluding hydrogens is 260 g/mol. The first kappa shape index (κ1) is 12.3. The average Bonchev–Trinajstić information content (AvgIpc) is 3.23. The van der Waals surface area contributed by atoms with Crippen molar-refractivity contribution in [3.63, 3.8) is 0 Å². The second-order valence-corrected chi connectivity index (χ2v) is 5.59. The highest BCUT2D eigenvalue weighted by Crippen LogP contribution is 2.41. The molecule has 0 fully saturated rings.